The van der Waals surface area contributed by atoms with Crippen LogP contribution >= 0.6 is 0 Å². The van der Waals surface area contributed by atoms with Gasteiger partial charge in [0, 0.05) is 11.8 Å². The van der Waals surface area contributed by atoms with Crippen LogP contribution < -0.4 is 0 Å². The average Bonchev–Trinajstić information content (AvgIpc) is 2.97. The third-order valence-electron chi connectivity index (χ3n) is 3.76. The summed E-state index contributed by atoms with van der Waals surface area (Å²) in [4.78, 5) is 20.9. The van der Waals surface area contributed by atoms with Crippen LogP contribution in [0.4, 0.5) is 0 Å². The highest BCUT2D eigenvalue weighted by Crippen LogP contribution is 2.42. The van der Waals surface area contributed by atoms with E-state index in [1.165, 1.54) is 0 Å². The number of aromatic amines is 1. The van der Waals surface area contributed by atoms with Gasteiger partial charge in [0.25, 0.3) is 0 Å². The van der Waals surface area contributed by atoms with Crippen LogP contribution in [-0.4, -0.2) is 32.7 Å². The summed E-state index contributed by atoms with van der Waals surface area (Å²) < 4.78 is 5.11. The number of hydrogen-bond acceptors (Lipinski definition) is 5. The van der Waals surface area contributed by atoms with E-state index < -0.39 is 0 Å². The largest absolute Gasteiger partial charge is 0.461 e. The fraction of sp³-hybridized carbons (Fsp3) is 0.529. The minimum atomic E-state index is -0.367. The first-order valence-corrected chi connectivity index (χ1v) is 8.03. The number of hydrogen-bond donors (Lipinski definition) is 1. The molecule has 124 valence electrons. The van der Waals surface area contributed by atoms with Crippen LogP contribution in [0.15, 0.2) is 6.20 Å². The fourth-order valence-corrected chi connectivity index (χ4v) is 2.92. The van der Waals surface area contributed by atoms with Gasteiger partial charge in [0.1, 0.15) is 17.2 Å². The van der Waals surface area contributed by atoms with Gasteiger partial charge < -0.3 is 4.74 Å². The van der Waals surface area contributed by atoms with Crippen LogP contribution in [0.5, 0.6) is 0 Å². The molecule has 6 nitrogen and oxygen atoms in total. The second kappa shape index (κ2) is 6.48. The predicted octanol–water partition coefficient (Wildman–Crippen LogP) is 3.21. The molecule has 0 atom stereocenters. The highest BCUT2D eigenvalue weighted by molar-refractivity contribution is 5.92. The number of aromatic nitrogens is 4. The minimum absolute atomic E-state index is 0.226. The molecule has 1 aliphatic carbocycles. The smallest absolute Gasteiger partial charge is 0.356 e. The van der Waals surface area contributed by atoms with Crippen molar-refractivity contribution in [2.75, 3.05) is 6.61 Å². The molecule has 0 spiro atoms. The van der Waals surface area contributed by atoms with Crippen LogP contribution in [0, 0.1) is 6.92 Å². The topological polar surface area (TPSA) is 80.8 Å². The summed E-state index contributed by atoms with van der Waals surface area (Å²) in [7, 11) is 0. The van der Waals surface area contributed by atoms with Gasteiger partial charge in [0.15, 0.2) is 0 Å². The molecule has 2 aromatic heterocycles. The highest BCUT2D eigenvalue weighted by atomic mass is 16.5. The summed E-state index contributed by atoms with van der Waals surface area (Å²) in [6.45, 7) is 12.2. The molecule has 0 bridgehead atoms. The van der Waals surface area contributed by atoms with E-state index in [1.807, 2.05) is 27.0 Å². The lowest BCUT2D eigenvalue weighted by Crippen LogP contribution is -2.28. The van der Waals surface area contributed by atoms with Gasteiger partial charge in [-0.1, -0.05) is 27.7 Å². The van der Waals surface area contributed by atoms with Crippen LogP contribution in [0.25, 0.3) is 11.4 Å². The van der Waals surface area contributed by atoms with Gasteiger partial charge in [0.05, 0.1) is 12.3 Å². The number of carbonyl (C=O) groups is 1. The zero-order valence-electron chi connectivity index (χ0n) is 14.6. The van der Waals surface area contributed by atoms with Crippen molar-refractivity contribution >= 4 is 5.97 Å². The van der Waals surface area contributed by atoms with Crippen molar-refractivity contribution in [3.8, 4) is 11.4 Å². The SMILES string of the molecule is CC.CCOC(=O)c1[nH]nc2c1C(C)(C)Cc1cnc(C)nc1-2. The Morgan fingerprint density at radius 2 is 2.04 bits per heavy atom. The van der Waals surface area contributed by atoms with Gasteiger partial charge in [-0.2, -0.15) is 5.10 Å². The summed E-state index contributed by atoms with van der Waals surface area (Å²) in [6, 6.07) is 0. The van der Waals surface area contributed by atoms with E-state index in [2.05, 4.69) is 34.0 Å². The third kappa shape index (κ3) is 2.98. The number of fused-ring (bicyclic) bond motifs is 3. The highest BCUT2D eigenvalue weighted by Gasteiger charge is 2.38. The molecule has 1 N–H and O–H groups in total. The molecule has 0 saturated carbocycles. The summed E-state index contributed by atoms with van der Waals surface area (Å²) in [6.07, 6.45) is 2.61. The van der Waals surface area contributed by atoms with Crippen molar-refractivity contribution in [2.24, 2.45) is 0 Å². The molecule has 2 heterocycles. The first-order valence-electron chi connectivity index (χ1n) is 8.03. The monoisotopic (exact) mass is 316 g/mol. The standard InChI is InChI=1S/C15H18N4O2.C2H6/c1-5-21-14(20)13-10-12(18-19-13)11-9(6-15(10,3)4)7-16-8(2)17-11;1-2/h7H,5-6H2,1-4H3,(H,18,19);1-2H3. The Morgan fingerprint density at radius 1 is 1.35 bits per heavy atom. The summed E-state index contributed by atoms with van der Waals surface area (Å²) in [5, 5.41) is 7.15. The van der Waals surface area contributed by atoms with E-state index in [0.717, 1.165) is 28.9 Å². The van der Waals surface area contributed by atoms with E-state index in [-0.39, 0.29) is 11.4 Å². The van der Waals surface area contributed by atoms with Gasteiger partial charge in [-0.25, -0.2) is 14.8 Å². The number of nitrogens with zero attached hydrogens (tertiary/aromatic N) is 3. The molecule has 0 fully saturated rings. The van der Waals surface area contributed by atoms with E-state index in [0.29, 0.717) is 18.1 Å². The molecule has 0 aliphatic heterocycles. The fourth-order valence-electron chi connectivity index (χ4n) is 2.92. The Kier molecular flexibility index (Phi) is 4.82. The van der Waals surface area contributed by atoms with Crippen molar-refractivity contribution in [1.82, 2.24) is 20.2 Å². The molecule has 3 rings (SSSR count). The molecule has 1 aliphatic rings. The molecule has 2 aromatic rings. The van der Waals surface area contributed by atoms with Crippen molar-refractivity contribution < 1.29 is 9.53 Å². The van der Waals surface area contributed by atoms with Gasteiger partial charge >= 0.3 is 5.97 Å². The van der Waals surface area contributed by atoms with Gasteiger partial charge in [-0.3, -0.25) is 5.10 Å². The van der Waals surface area contributed by atoms with Crippen molar-refractivity contribution in [2.45, 2.75) is 53.4 Å². The zero-order chi connectivity index (χ0) is 17.2. The van der Waals surface area contributed by atoms with E-state index in [9.17, 15) is 4.79 Å². The van der Waals surface area contributed by atoms with Gasteiger partial charge in [-0.05, 0) is 31.2 Å². The molecule has 23 heavy (non-hydrogen) atoms. The lowest BCUT2D eigenvalue weighted by atomic mass is 9.73. The van der Waals surface area contributed by atoms with Crippen LogP contribution in [0.2, 0.25) is 0 Å². The Morgan fingerprint density at radius 3 is 2.70 bits per heavy atom. The molecular weight excluding hydrogens is 292 g/mol. The maximum Gasteiger partial charge on any atom is 0.356 e. The van der Waals surface area contributed by atoms with E-state index >= 15 is 0 Å². The van der Waals surface area contributed by atoms with E-state index in [4.69, 9.17) is 4.74 Å². The Labute approximate surface area is 136 Å². The number of esters is 1. The van der Waals surface area contributed by atoms with E-state index in [1.54, 1.807) is 6.92 Å². The molecule has 0 aromatic carbocycles. The average molecular weight is 316 g/mol. The van der Waals surface area contributed by atoms with Crippen LogP contribution in [-0.2, 0) is 16.6 Å². The number of H-pyrrole nitrogens is 1. The van der Waals surface area contributed by atoms with Crippen LogP contribution in [0.3, 0.4) is 0 Å². The van der Waals surface area contributed by atoms with Crippen molar-refractivity contribution in [1.29, 1.82) is 0 Å². The quantitative estimate of drug-likeness (QED) is 0.860. The number of rotatable bonds is 2. The summed E-state index contributed by atoms with van der Waals surface area (Å²) in [5.74, 6) is 0.327. The first-order chi connectivity index (χ1) is 10.9. The number of carbonyl (C=O) groups excluding carboxylic acids is 1. The normalized spacial score (nSPS) is 14.2. The Bertz CT molecular complexity index is 719. The van der Waals surface area contributed by atoms with Crippen molar-refractivity contribution in [3.05, 3.63) is 28.8 Å². The Balaban J connectivity index is 0.000000924. The second-order valence-electron chi connectivity index (χ2n) is 5.89. The zero-order valence-corrected chi connectivity index (χ0v) is 14.6. The van der Waals surface area contributed by atoms with Crippen LogP contribution in [0.1, 0.15) is 62.1 Å². The maximum absolute atomic E-state index is 12.1. The predicted molar refractivity (Wildman–Crippen MR) is 88.4 cm³/mol. The first kappa shape index (κ1) is 17.1. The van der Waals surface area contributed by atoms with Gasteiger partial charge in [0.2, 0.25) is 0 Å². The number of aryl methyl sites for hydroxylation is 1. The lowest BCUT2D eigenvalue weighted by Gasteiger charge is -2.30. The van der Waals surface area contributed by atoms with Gasteiger partial charge in [-0.15, -0.1) is 0 Å². The summed E-state index contributed by atoms with van der Waals surface area (Å²) >= 11 is 0. The molecular formula is C17H24N4O2. The molecule has 6 heteroatoms. The molecule has 0 saturated heterocycles. The maximum atomic E-state index is 12.1. The molecule has 0 amide bonds. The minimum Gasteiger partial charge on any atom is -0.461 e. The number of nitrogens with one attached hydrogen (secondary N) is 1. The third-order valence-corrected chi connectivity index (χ3v) is 3.76. The molecule has 0 radical (unpaired) electrons. The second-order valence-corrected chi connectivity index (χ2v) is 5.89. The van der Waals surface area contributed by atoms with Crippen molar-refractivity contribution in [3.63, 3.8) is 0 Å². The molecule has 0 unspecified atom stereocenters. The lowest BCUT2D eigenvalue weighted by molar-refractivity contribution is 0.0516. The Hall–Kier alpha value is -2.24. The summed E-state index contributed by atoms with van der Waals surface area (Å²) in [5.41, 5.74) is 3.68. The number of ether oxygens (including phenoxy) is 1.